The van der Waals surface area contributed by atoms with E-state index in [4.69, 9.17) is 9.47 Å². The van der Waals surface area contributed by atoms with Crippen molar-refractivity contribution in [2.75, 3.05) is 13.7 Å². The molecule has 0 aromatic heterocycles. The normalized spacial score (nSPS) is 12.7. The van der Waals surface area contributed by atoms with E-state index in [0.29, 0.717) is 11.3 Å². The lowest BCUT2D eigenvalue weighted by molar-refractivity contribution is -0.150. The maximum absolute atomic E-state index is 12.1. The van der Waals surface area contributed by atoms with E-state index >= 15 is 0 Å². The van der Waals surface area contributed by atoms with Crippen LogP contribution in [0.2, 0.25) is 0 Å². The van der Waals surface area contributed by atoms with Crippen LogP contribution in [-0.4, -0.2) is 31.1 Å². The number of rotatable bonds is 6. The van der Waals surface area contributed by atoms with Crippen LogP contribution in [0.25, 0.3) is 0 Å². The molecule has 1 rings (SSSR count). The van der Waals surface area contributed by atoms with Gasteiger partial charge in [0, 0.05) is 13.3 Å². The molecule has 0 fully saturated rings. The second-order valence-corrected chi connectivity index (χ2v) is 4.44. The van der Waals surface area contributed by atoms with Crippen molar-refractivity contribution < 1.29 is 19.1 Å². The molecule has 0 aliphatic heterocycles. The molecule has 0 heterocycles. The van der Waals surface area contributed by atoms with E-state index in [1.165, 1.54) is 6.92 Å². The van der Waals surface area contributed by atoms with Crippen LogP contribution in [0.5, 0.6) is 5.75 Å². The number of nitrogens with one attached hydrogen (secondary N) is 1. The molecule has 0 radical (unpaired) electrons. The lowest BCUT2D eigenvalue weighted by Crippen LogP contribution is -2.55. The van der Waals surface area contributed by atoms with E-state index in [-0.39, 0.29) is 13.0 Å². The zero-order valence-corrected chi connectivity index (χ0v) is 12.3. The van der Waals surface area contributed by atoms with Gasteiger partial charge in [0.25, 0.3) is 0 Å². The summed E-state index contributed by atoms with van der Waals surface area (Å²) in [6.07, 6.45) is 0.0197. The van der Waals surface area contributed by atoms with Crippen molar-refractivity contribution in [2.24, 2.45) is 0 Å². The molecule has 0 spiro atoms. The Morgan fingerprint density at radius 3 is 2.38 bits per heavy atom. The zero-order chi connectivity index (χ0) is 15.9. The van der Waals surface area contributed by atoms with Crippen LogP contribution >= 0.6 is 0 Å². The lowest BCUT2D eigenvalue weighted by Gasteiger charge is -2.25. The predicted molar refractivity (Wildman–Crippen MR) is 75.5 cm³/mol. The second kappa shape index (κ2) is 7.29. The summed E-state index contributed by atoms with van der Waals surface area (Å²) in [5.41, 5.74) is -1.02. The Morgan fingerprint density at radius 2 is 1.95 bits per heavy atom. The maximum atomic E-state index is 12.1. The van der Waals surface area contributed by atoms with Gasteiger partial charge in [-0.25, -0.2) is 4.79 Å². The van der Waals surface area contributed by atoms with E-state index in [2.05, 4.69) is 5.32 Å². The highest BCUT2D eigenvalue weighted by Gasteiger charge is 2.41. The van der Waals surface area contributed by atoms with Crippen LogP contribution in [0, 0.1) is 11.3 Å². The van der Waals surface area contributed by atoms with Crippen molar-refractivity contribution in [3.05, 3.63) is 29.8 Å². The minimum atomic E-state index is -1.73. The number of carbonyl (C=O) groups excluding carboxylic acids is 2. The van der Waals surface area contributed by atoms with Gasteiger partial charge >= 0.3 is 5.97 Å². The van der Waals surface area contributed by atoms with Crippen LogP contribution in [0.4, 0.5) is 0 Å². The molecule has 6 nitrogen and oxygen atoms in total. The van der Waals surface area contributed by atoms with E-state index in [1.807, 2.05) is 6.07 Å². The quantitative estimate of drug-likeness (QED) is 0.795. The van der Waals surface area contributed by atoms with Gasteiger partial charge in [0.05, 0.1) is 13.7 Å². The third-order valence-corrected chi connectivity index (χ3v) is 2.83. The van der Waals surface area contributed by atoms with Crippen LogP contribution < -0.4 is 10.1 Å². The summed E-state index contributed by atoms with van der Waals surface area (Å²) in [7, 11) is 1.55. The maximum Gasteiger partial charge on any atom is 0.347 e. The molecule has 1 aromatic carbocycles. The van der Waals surface area contributed by atoms with Gasteiger partial charge in [0.15, 0.2) is 0 Å². The van der Waals surface area contributed by atoms with Crippen molar-refractivity contribution in [1.29, 1.82) is 5.26 Å². The van der Waals surface area contributed by atoms with Gasteiger partial charge in [-0.05, 0) is 24.6 Å². The molecule has 1 atom stereocenters. The molecule has 1 N–H and O–H groups in total. The number of ether oxygens (including phenoxy) is 2. The topological polar surface area (TPSA) is 88.4 Å². The van der Waals surface area contributed by atoms with Gasteiger partial charge in [-0.3, -0.25) is 4.79 Å². The fourth-order valence-corrected chi connectivity index (χ4v) is 1.88. The van der Waals surface area contributed by atoms with E-state index < -0.39 is 17.4 Å². The Labute approximate surface area is 123 Å². The summed E-state index contributed by atoms with van der Waals surface area (Å²) in [5, 5.41) is 11.8. The molecule has 0 aliphatic rings. The largest absolute Gasteiger partial charge is 0.497 e. The lowest BCUT2D eigenvalue weighted by atomic mass is 9.92. The van der Waals surface area contributed by atoms with Crippen molar-refractivity contribution in [3.63, 3.8) is 0 Å². The molecule has 0 saturated heterocycles. The monoisotopic (exact) mass is 290 g/mol. The molecule has 1 unspecified atom stereocenters. The molecule has 1 amide bonds. The Balaban J connectivity index is 3.07. The number of hydrogen-bond acceptors (Lipinski definition) is 5. The molecular weight excluding hydrogens is 272 g/mol. The minimum Gasteiger partial charge on any atom is -0.497 e. The van der Waals surface area contributed by atoms with Crippen molar-refractivity contribution >= 4 is 11.9 Å². The Hall–Kier alpha value is -2.55. The molecule has 0 bridgehead atoms. The molecule has 112 valence electrons. The third-order valence-electron chi connectivity index (χ3n) is 2.83. The van der Waals surface area contributed by atoms with Crippen LogP contribution in [-0.2, 0) is 20.7 Å². The Kier molecular flexibility index (Phi) is 5.73. The average molecular weight is 290 g/mol. The van der Waals surface area contributed by atoms with Gasteiger partial charge in [0.2, 0.25) is 11.4 Å². The first kappa shape index (κ1) is 16.5. The molecule has 0 saturated carbocycles. The van der Waals surface area contributed by atoms with Crippen molar-refractivity contribution in [2.45, 2.75) is 25.8 Å². The highest BCUT2D eigenvalue weighted by molar-refractivity contribution is 5.90. The summed E-state index contributed by atoms with van der Waals surface area (Å²) < 4.78 is 9.97. The van der Waals surface area contributed by atoms with Gasteiger partial charge < -0.3 is 14.8 Å². The molecule has 0 aliphatic carbocycles. The van der Waals surface area contributed by atoms with E-state index in [1.54, 1.807) is 38.3 Å². The first-order valence-electron chi connectivity index (χ1n) is 6.47. The standard InChI is InChI=1S/C15H18N2O4/c1-4-21-14(19)15(10-16,17-11(2)18)9-12-5-7-13(20-3)8-6-12/h5-8H,4,9H2,1-3H3,(H,17,18). The number of esters is 1. The Bertz CT molecular complexity index is 548. The first-order valence-corrected chi connectivity index (χ1v) is 6.47. The number of amides is 1. The fraction of sp³-hybridized carbons (Fsp3) is 0.400. The first-order chi connectivity index (χ1) is 9.97. The number of carbonyl (C=O) groups is 2. The highest BCUT2D eigenvalue weighted by atomic mass is 16.5. The molecular formula is C15H18N2O4. The number of nitriles is 1. The summed E-state index contributed by atoms with van der Waals surface area (Å²) in [6.45, 7) is 3.02. The van der Waals surface area contributed by atoms with Gasteiger partial charge in [0.1, 0.15) is 11.8 Å². The fourth-order valence-electron chi connectivity index (χ4n) is 1.88. The minimum absolute atomic E-state index is 0.0197. The van der Waals surface area contributed by atoms with Crippen molar-refractivity contribution in [1.82, 2.24) is 5.32 Å². The van der Waals surface area contributed by atoms with Crippen LogP contribution in [0.15, 0.2) is 24.3 Å². The third kappa shape index (κ3) is 4.21. The second-order valence-electron chi connectivity index (χ2n) is 4.44. The van der Waals surface area contributed by atoms with Crippen LogP contribution in [0.3, 0.4) is 0 Å². The van der Waals surface area contributed by atoms with Gasteiger partial charge in [-0.2, -0.15) is 5.26 Å². The molecule has 21 heavy (non-hydrogen) atoms. The summed E-state index contributed by atoms with van der Waals surface area (Å²) in [5.74, 6) is -0.575. The molecule has 1 aromatic rings. The average Bonchev–Trinajstić information content (AvgIpc) is 2.47. The smallest absolute Gasteiger partial charge is 0.347 e. The van der Waals surface area contributed by atoms with Gasteiger partial charge in [-0.1, -0.05) is 12.1 Å². The summed E-state index contributed by atoms with van der Waals surface area (Å²) in [6, 6.07) is 8.76. The van der Waals surface area contributed by atoms with Crippen molar-refractivity contribution in [3.8, 4) is 11.8 Å². The summed E-state index contributed by atoms with van der Waals surface area (Å²) in [4.78, 5) is 23.4. The zero-order valence-electron chi connectivity index (χ0n) is 12.3. The molecule has 6 heteroatoms. The van der Waals surface area contributed by atoms with E-state index in [0.717, 1.165) is 0 Å². The highest BCUT2D eigenvalue weighted by Crippen LogP contribution is 2.18. The number of methoxy groups -OCH3 is 1. The number of nitrogens with zero attached hydrogens (tertiary/aromatic N) is 1. The van der Waals surface area contributed by atoms with E-state index in [9.17, 15) is 14.9 Å². The van der Waals surface area contributed by atoms with Crippen LogP contribution in [0.1, 0.15) is 19.4 Å². The summed E-state index contributed by atoms with van der Waals surface area (Å²) >= 11 is 0. The number of hydrogen-bond donors (Lipinski definition) is 1. The Morgan fingerprint density at radius 1 is 1.33 bits per heavy atom. The van der Waals surface area contributed by atoms with Gasteiger partial charge in [-0.15, -0.1) is 0 Å². The predicted octanol–water partition coefficient (Wildman–Crippen LogP) is 1.20. The SMILES string of the molecule is CCOC(=O)C(C#N)(Cc1ccc(OC)cc1)NC(C)=O. The number of benzene rings is 1.